The third kappa shape index (κ3) is 5.15. The smallest absolute Gasteiger partial charge is 0.262 e. The van der Waals surface area contributed by atoms with Crippen LogP contribution in [0.25, 0.3) is 0 Å². The van der Waals surface area contributed by atoms with Crippen LogP contribution in [0.5, 0.6) is 17.2 Å². The highest BCUT2D eigenvalue weighted by atomic mass is 35.5. The van der Waals surface area contributed by atoms with Gasteiger partial charge in [0.25, 0.3) is 5.91 Å². The predicted octanol–water partition coefficient (Wildman–Crippen LogP) is 5.57. The molecule has 1 heterocycles. The molecule has 0 bridgehead atoms. The molecule has 2 aliphatic rings. The standard InChI is InChI=1S/C23H26ClNO4/c24-17-7-9-20(19(13-17)16-5-2-1-3-6-16)29-15-23(26)25-18-8-10-21-22(14-18)28-12-4-11-27-21/h7-10,13-14,16H,1-6,11-12,15H2,(H,25,26). The summed E-state index contributed by atoms with van der Waals surface area (Å²) >= 11 is 6.22. The van der Waals surface area contributed by atoms with Crippen LogP contribution in [0.15, 0.2) is 36.4 Å². The van der Waals surface area contributed by atoms with E-state index in [0.29, 0.717) is 41.3 Å². The maximum Gasteiger partial charge on any atom is 0.262 e. The van der Waals surface area contributed by atoms with Crippen molar-refractivity contribution in [2.45, 2.75) is 44.4 Å². The molecule has 1 saturated carbocycles. The highest BCUT2D eigenvalue weighted by Crippen LogP contribution is 2.39. The van der Waals surface area contributed by atoms with Crippen molar-refractivity contribution in [1.82, 2.24) is 0 Å². The SMILES string of the molecule is O=C(COc1ccc(Cl)cc1C1CCCCC1)Nc1ccc2c(c1)OCCCO2. The zero-order valence-corrected chi connectivity index (χ0v) is 17.2. The molecule has 0 saturated heterocycles. The van der Waals surface area contributed by atoms with E-state index in [2.05, 4.69) is 5.32 Å². The second-order valence-electron chi connectivity index (χ2n) is 7.57. The monoisotopic (exact) mass is 415 g/mol. The van der Waals surface area contributed by atoms with Crippen LogP contribution in [0.2, 0.25) is 5.02 Å². The fraction of sp³-hybridized carbons (Fsp3) is 0.435. The summed E-state index contributed by atoms with van der Waals surface area (Å²) in [6, 6.07) is 11.1. The number of hydrogen-bond donors (Lipinski definition) is 1. The molecule has 5 nitrogen and oxygen atoms in total. The summed E-state index contributed by atoms with van der Waals surface area (Å²) in [5.41, 5.74) is 1.77. The number of hydrogen-bond acceptors (Lipinski definition) is 4. The number of rotatable bonds is 5. The van der Waals surface area contributed by atoms with Gasteiger partial charge < -0.3 is 19.5 Å². The van der Waals surface area contributed by atoms with Gasteiger partial charge in [0.15, 0.2) is 18.1 Å². The zero-order valence-electron chi connectivity index (χ0n) is 16.4. The molecule has 6 heteroatoms. The first-order valence-electron chi connectivity index (χ1n) is 10.3. The van der Waals surface area contributed by atoms with Gasteiger partial charge in [0.2, 0.25) is 0 Å². The van der Waals surface area contributed by atoms with Crippen molar-refractivity contribution in [3.05, 3.63) is 47.0 Å². The van der Waals surface area contributed by atoms with Gasteiger partial charge in [-0.3, -0.25) is 4.79 Å². The van der Waals surface area contributed by atoms with Gasteiger partial charge in [0, 0.05) is 23.2 Å². The molecule has 2 aromatic carbocycles. The number of carbonyl (C=O) groups excluding carboxylic acids is 1. The summed E-state index contributed by atoms with van der Waals surface area (Å²) < 4.78 is 17.2. The molecule has 154 valence electrons. The van der Waals surface area contributed by atoms with Crippen LogP contribution in [0, 0.1) is 0 Å². The van der Waals surface area contributed by atoms with Gasteiger partial charge >= 0.3 is 0 Å². The first-order valence-corrected chi connectivity index (χ1v) is 10.7. The minimum atomic E-state index is -0.218. The van der Waals surface area contributed by atoms with Gasteiger partial charge in [-0.1, -0.05) is 30.9 Å². The molecular weight excluding hydrogens is 390 g/mol. The number of carbonyl (C=O) groups is 1. The number of halogens is 1. The third-order valence-corrected chi connectivity index (χ3v) is 5.64. The van der Waals surface area contributed by atoms with Crippen LogP contribution >= 0.6 is 11.6 Å². The maximum absolute atomic E-state index is 12.4. The number of benzene rings is 2. The molecule has 29 heavy (non-hydrogen) atoms. The number of ether oxygens (including phenoxy) is 3. The van der Waals surface area contributed by atoms with Crippen molar-refractivity contribution in [2.75, 3.05) is 25.1 Å². The predicted molar refractivity (Wildman–Crippen MR) is 113 cm³/mol. The van der Waals surface area contributed by atoms with Crippen LogP contribution in [-0.4, -0.2) is 25.7 Å². The third-order valence-electron chi connectivity index (χ3n) is 5.41. The average Bonchev–Trinajstić information content (AvgIpc) is 2.98. The average molecular weight is 416 g/mol. The van der Waals surface area contributed by atoms with Crippen molar-refractivity contribution >= 4 is 23.2 Å². The Bertz CT molecular complexity index is 864. The fourth-order valence-corrected chi connectivity index (χ4v) is 4.15. The largest absolute Gasteiger partial charge is 0.490 e. The lowest BCUT2D eigenvalue weighted by molar-refractivity contribution is -0.118. The van der Waals surface area contributed by atoms with E-state index in [1.165, 1.54) is 19.3 Å². The van der Waals surface area contributed by atoms with Crippen LogP contribution in [0.4, 0.5) is 5.69 Å². The number of amides is 1. The Morgan fingerprint density at radius 1 is 1.00 bits per heavy atom. The van der Waals surface area contributed by atoms with E-state index in [4.69, 9.17) is 25.8 Å². The maximum atomic E-state index is 12.4. The Labute approximate surface area is 176 Å². The Kier molecular flexibility index (Phi) is 6.45. The lowest BCUT2D eigenvalue weighted by Crippen LogP contribution is -2.21. The van der Waals surface area contributed by atoms with E-state index in [0.717, 1.165) is 30.6 Å². The lowest BCUT2D eigenvalue weighted by Gasteiger charge is -2.24. The minimum absolute atomic E-state index is 0.0597. The quantitative estimate of drug-likeness (QED) is 0.693. The molecule has 0 unspecified atom stereocenters. The van der Waals surface area contributed by atoms with Gasteiger partial charge in [-0.15, -0.1) is 0 Å². The van der Waals surface area contributed by atoms with Crippen molar-refractivity contribution in [3.8, 4) is 17.2 Å². The minimum Gasteiger partial charge on any atom is -0.490 e. The van der Waals surface area contributed by atoms with Gasteiger partial charge in [-0.2, -0.15) is 0 Å². The highest BCUT2D eigenvalue weighted by Gasteiger charge is 2.20. The molecule has 1 aliphatic heterocycles. The molecule has 0 radical (unpaired) electrons. The van der Waals surface area contributed by atoms with Crippen molar-refractivity contribution in [3.63, 3.8) is 0 Å². The van der Waals surface area contributed by atoms with Gasteiger partial charge in [0.05, 0.1) is 13.2 Å². The van der Waals surface area contributed by atoms with Gasteiger partial charge in [0.1, 0.15) is 5.75 Å². The summed E-state index contributed by atoms with van der Waals surface area (Å²) in [6.45, 7) is 1.18. The van der Waals surface area contributed by atoms with Crippen molar-refractivity contribution < 1.29 is 19.0 Å². The summed E-state index contributed by atoms with van der Waals surface area (Å²) in [6.07, 6.45) is 6.85. The zero-order chi connectivity index (χ0) is 20.1. The van der Waals surface area contributed by atoms with E-state index >= 15 is 0 Å². The molecule has 1 aliphatic carbocycles. The second kappa shape index (κ2) is 9.40. The topological polar surface area (TPSA) is 56.8 Å². The normalized spacial score (nSPS) is 16.7. The summed E-state index contributed by atoms with van der Waals surface area (Å²) in [5, 5.41) is 3.57. The molecular formula is C23H26ClNO4. The van der Waals surface area contributed by atoms with Crippen LogP contribution in [-0.2, 0) is 4.79 Å². The van der Waals surface area contributed by atoms with Crippen molar-refractivity contribution in [1.29, 1.82) is 0 Å². The molecule has 1 amide bonds. The summed E-state index contributed by atoms with van der Waals surface area (Å²) in [5.74, 6) is 2.33. The summed E-state index contributed by atoms with van der Waals surface area (Å²) in [4.78, 5) is 12.4. The van der Waals surface area contributed by atoms with E-state index in [-0.39, 0.29) is 12.5 Å². The Morgan fingerprint density at radius 2 is 1.79 bits per heavy atom. The first kappa shape index (κ1) is 19.9. The number of nitrogens with one attached hydrogen (secondary N) is 1. The van der Waals surface area contributed by atoms with E-state index < -0.39 is 0 Å². The van der Waals surface area contributed by atoms with E-state index in [1.807, 2.05) is 24.3 Å². The molecule has 0 atom stereocenters. The number of fused-ring (bicyclic) bond motifs is 1. The summed E-state index contributed by atoms with van der Waals surface area (Å²) in [7, 11) is 0. The van der Waals surface area contributed by atoms with Crippen LogP contribution < -0.4 is 19.5 Å². The van der Waals surface area contributed by atoms with Crippen LogP contribution in [0.3, 0.4) is 0 Å². The fourth-order valence-electron chi connectivity index (χ4n) is 3.96. The lowest BCUT2D eigenvalue weighted by atomic mass is 9.84. The van der Waals surface area contributed by atoms with Crippen molar-refractivity contribution in [2.24, 2.45) is 0 Å². The van der Waals surface area contributed by atoms with E-state index in [9.17, 15) is 4.79 Å². The highest BCUT2D eigenvalue weighted by molar-refractivity contribution is 6.30. The van der Waals surface area contributed by atoms with E-state index in [1.54, 1.807) is 12.1 Å². The Balaban J connectivity index is 1.39. The first-order chi connectivity index (χ1) is 14.2. The molecule has 4 rings (SSSR count). The molecule has 2 aromatic rings. The second-order valence-corrected chi connectivity index (χ2v) is 8.00. The molecule has 0 aromatic heterocycles. The Morgan fingerprint density at radius 3 is 2.62 bits per heavy atom. The van der Waals surface area contributed by atoms with Gasteiger partial charge in [-0.25, -0.2) is 0 Å². The van der Waals surface area contributed by atoms with Crippen LogP contribution in [0.1, 0.15) is 50.0 Å². The molecule has 1 N–H and O–H groups in total. The molecule has 1 fully saturated rings. The molecule has 0 spiro atoms. The Hall–Kier alpha value is -2.40. The number of anilines is 1. The van der Waals surface area contributed by atoms with Gasteiger partial charge in [-0.05, 0) is 54.7 Å².